The maximum absolute atomic E-state index is 12.7. The summed E-state index contributed by atoms with van der Waals surface area (Å²) in [5.41, 5.74) is 6.18. The van der Waals surface area contributed by atoms with Crippen LogP contribution in [-0.2, 0) is 25.6 Å². The second-order valence-electron chi connectivity index (χ2n) is 7.33. The van der Waals surface area contributed by atoms with Gasteiger partial charge in [-0.1, -0.05) is 38.1 Å². The molecule has 9 nitrogen and oxygen atoms in total. The summed E-state index contributed by atoms with van der Waals surface area (Å²) in [6.07, 6.45) is -1.41. The number of carboxylic acid groups (broad SMARTS) is 1. The van der Waals surface area contributed by atoms with E-state index in [1.54, 1.807) is 24.3 Å². The third kappa shape index (κ3) is 4.86. The lowest BCUT2D eigenvalue weighted by Crippen LogP contribution is -2.52. The summed E-state index contributed by atoms with van der Waals surface area (Å²) in [6, 6.07) is 4.40. The molecule has 0 aliphatic carbocycles. The van der Waals surface area contributed by atoms with E-state index < -0.39 is 47.8 Å². The minimum Gasteiger partial charge on any atom is -0.479 e. The van der Waals surface area contributed by atoms with E-state index in [0.717, 1.165) is 0 Å². The highest BCUT2D eigenvalue weighted by molar-refractivity contribution is 5.94. The summed E-state index contributed by atoms with van der Waals surface area (Å²) in [5, 5.41) is 24.4. The summed E-state index contributed by atoms with van der Waals surface area (Å²) in [6.45, 7) is 3.64. The Labute approximate surface area is 162 Å². The SMILES string of the molecule is CC(C)C[C@@H](C(=O)N[C@H]1Cc2ccccc2[C@H](C(=O)O)NC1=O)C(O)C(N)=O. The van der Waals surface area contributed by atoms with E-state index in [2.05, 4.69) is 10.6 Å². The van der Waals surface area contributed by atoms with E-state index in [0.29, 0.717) is 11.1 Å². The summed E-state index contributed by atoms with van der Waals surface area (Å²) in [7, 11) is 0. The number of carbonyl (C=O) groups excluding carboxylic acids is 3. The quantitative estimate of drug-likeness (QED) is 0.420. The lowest BCUT2D eigenvalue weighted by atomic mass is 9.90. The van der Waals surface area contributed by atoms with E-state index in [4.69, 9.17) is 5.73 Å². The van der Waals surface area contributed by atoms with Gasteiger partial charge in [0.15, 0.2) is 6.04 Å². The smallest absolute Gasteiger partial charge is 0.330 e. The number of hydrogen-bond acceptors (Lipinski definition) is 5. The number of benzene rings is 1. The summed E-state index contributed by atoms with van der Waals surface area (Å²) >= 11 is 0. The molecule has 1 aromatic carbocycles. The Balaban J connectivity index is 2.27. The number of primary amides is 1. The lowest BCUT2D eigenvalue weighted by molar-refractivity contribution is -0.143. The van der Waals surface area contributed by atoms with Crippen LogP contribution in [0.3, 0.4) is 0 Å². The number of carboxylic acids is 1. The van der Waals surface area contributed by atoms with Crippen LogP contribution < -0.4 is 16.4 Å². The van der Waals surface area contributed by atoms with Gasteiger partial charge in [0.2, 0.25) is 17.7 Å². The van der Waals surface area contributed by atoms with Gasteiger partial charge in [0.25, 0.3) is 0 Å². The molecule has 3 amide bonds. The van der Waals surface area contributed by atoms with Crippen LogP contribution in [0.25, 0.3) is 0 Å². The van der Waals surface area contributed by atoms with Gasteiger partial charge in [-0.05, 0) is 23.5 Å². The van der Waals surface area contributed by atoms with Crippen molar-refractivity contribution in [2.24, 2.45) is 17.6 Å². The average molecular weight is 391 g/mol. The molecular formula is C19H25N3O6. The Morgan fingerprint density at radius 2 is 1.93 bits per heavy atom. The molecule has 6 N–H and O–H groups in total. The first-order valence-electron chi connectivity index (χ1n) is 9.00. The van der Waals surface area contributed by atoms with Gasteiger partial charge in [0.05, 0.1) is 5.92 Å². The van der Waals surface area contributed by atoms with Crippen molar-refractivity contribution in [3.63, 3.8) is 0 Å². The van der Waals surface area contributed by atoms with E-state index >= 15 is 0 Å². The van der Waals surface area contributed by atoms with Crippen molar-refractivity contribution in [2.45, 2.75) is 44.9 Å². The monoisotopic (exact) mass is 391 g/mol. The van der Waals surface area contributed by atoms with Gasteiger partial charge in [-0.25, -0.2) is 4.79 Å². The van der Waals surface area contributed by atoms with Crippen molar-refractivity contribution in [1.29, 1.82) is 0 Å². The van der Waals surface area contributed by atoms with E-state index in [1.165, 1.54) is 0 Å². The number of aliphatic carboxylic acids is 1. The van der Waals surface area contributed by atoms with Crippen LogP contribution in [-0.4, -0.2) is 46.0 Å². The molecule has 0 saturated carbocycles. The molecular weight excluding hydrogens is 366 g/mol. The molecule has 1 aliphatic rings. The molecule has 1 aliphatic heterocycles. The molecule has 0 bridgehead atoms. The molecule has 1 unspecified atom stereocenters. The van der Waals surface area contributed by atoms with Crippen LogP contribution in [0, 0.1) is 11.8 Å². The third-order valence-electron chi connectivity index (χ3n) is 4.69. The largest absolute Gasteiger partial charge is 0.479 e. The predicted octanol–water partition coefficient (Wildman–Crippen LogP) is -0.522. The Bertz CT molecular complexity index is 779. The molecule has 152 valence electrons. The standard InChI is InChI=1S/C19H25N3O6/c1-9(2)7-12(15(23)16(20)24)17(25)21-13-8-10-5-3-4-6-11(10)14(19(27)28)22-18(13)26/h3-6,9,12-15,23H,7-8H2,1-2H3,(H2,20,24)(H,21,25)(H,22,26)(H,27,28)/t12-,13+,14-,15?/m1/s1. The Kier molecular flexibility index (Phi) is 6.74. The number of aliphatic hydroxyl groups excluding tert-OH is 1. The number of fused-ring (bicyclic) bond motifs is 1. The Morgan fingerprint density at radius 3 is 2.50 bits per heavy atom. The van der Waals surface area contributed by atoms with Crippen LogP contribution in [0.5, 0.6) is 0 Å². The van der Waals surface area contributed by atoms with Crippen molar-refractivity contribution < 1.29 is 29.4 Å². The number of amides is 3. The molecule has 1 heterocycles. The highest BCUT2D eigenvalue weighted by atomic mass is 16.4. The van der Waals surface area contributed by atoms with Gasteiger partial charge < -0.3 is 26.6 Å². The van der Waals surface area contributed by atoms with Crippen LogP contribution in [0.1, 0.15) is 37.4 Å². The molecule has 4 atom stereocenters. The van der Waals surface area contributed by atoms with Crippen LogP contribution in [0.2, 0.25) is 0 Å². The number of rotatable bonds is 7. The molecule has 0 spiro atoms. The van der Waals surface area contributed by atoms with Gasteiger partial charge in [-0.15, -0.1) is 0 Å². The zero-order chi connectivity index (χ0) is 21.0. The number of carbonyl (C=O) groups is 4. The van der Waals surface area contributed by atoms with E-state index in [1.807, 2.05) is 13.8 Å². The topological polar surface area (TPSA) is 159 Å². The zero-order valence-electron chi connectivity index (χ0n) is 15.7. The van der Waals surface area contributed by atoms with Crippen LogP contribution >= 0.6 is 0 Å². The number of aliphatic hydroxyl groups is 1. The van der Waals surface area contributed by atoms with Crippen molar-refractivity contribution >= 4 is 23.7 Å². The zero-order valence-corrected chi connectivity index (χ0v) is 15.7. The van der Waals surface area contributed by atoms with Crippen molar-refractivity contribution in [3.05, 3.63) is 35.4 Å². The molecule has 0 fully saturated rings. The van der Waals surface area contributed by atoms with Crippen molar-refractivity contribution in [2.75, 3.05) is 0 Å². The first-order valence-corrected chi connectivity index (χ1v) is 9.00. The second kappa shape index (κ2) is 8.83. The maximum atomic E-state index is 12.7. The Morgan fingerprint density at radius 1 is 1.29 bits per heavy atom. The van der Waals surface area contributed by atoms with Crippen LogP contribution in [0.4, 0.5) is 0 Å². The fourth-order valence-electron chi connectivity index (χ4n) is 3.31. The predicted molar refractivity (Wildman–Crippen MR) is 98.7 cm³/mol. The van der Waals surface area contributed by atoms with Crippen molar-refractivity contribution in [3.8, 4) is 0 Å². The fourth-order valence-corrected chi connectivity index (χ4v) is 3.31. The minimum absolute atomic E-state index is 0.00942. The molecule has 2 rings (SSSR count). The normalized spacial score (nSPS) is 21.1. The molecule has 9 heteroatoms. The van der Waals surface area contributed by atoms with Crippen LogP contribution in [0.15, 0.2) is 24.3 Å². The van der Waals surface area contributed by atoms with E-state index in [9.17, 15) is 29.4 Å². The fraction of sp³-hybridized carbons (Fsp3) is 0.474. The lowest BCUT2D eigenvalue weighted by Gasteiger charge is -2.24. The number of nitrogens with one attached hydrogen (secondary N) is 2. The van der Waals surface area contributed by atoms with E-state index in [-0.39, 0.29) is 18.8 Å². The molecule has 28 heavy (non-hydrogen) atoms. The van der Waals surface area contributed by atoms with Gasteiger partial charge >= 0.3 is 5.97 Å². The highest BCUT2D eigenvalue weighted by Gasteiger charge is 2.37. The molecule has 1 aromatic rings. The first-order chi connectivity index (χ1) is 13.1. The third-order valence-corrected chi connectivity index (χ3v) is 4.69. The van der Waals surface area contributed by atoms with Gasteiger partial charge in [-0.2, -0.15) is 0 Å². The summed E-state index contributed by atoms with van der Waals surface area (Å²) in [4.78, 5) is 48.2. The molecule has 0 aromatic heterocycles. The highest BCUT2D eigenvalue weighted by Crippen LogP contribution is 2.24. The minimum atomic E-state index is -1.68. The average Bonchev–Trinajstić information content (AvgIpc) is 2.76. The van der Waals surface area contributed by atoms with Gasteiger partial charge in [-0.3, -0.25) is 14.4 Å². The van der Waals surface area contributed by atoms with Gasteiger partial charge in [0.1, 0.15) is 12.1 Å². The summed E-state index contributed by atoms with van der Waals surface area (Å²) < 4.78 is 0. The number of hydrogen-bond donors (Lipinski definition) is 5. The first kappa shape index (κ1) is 21.4. The summed E-state index contributed by atoms with van der Waals surface area (Å²) in [5.74, 6) is -4.71. The molecule has 0 radical (unpaired) electrons. The number of nitrogens with two attached hydrogens (primary N) is 1. The molecule has 0 saturated heterocycles. The maximum Gasteiger partial charge on any atom is 0.330 e. The van der Waals surface area contributed by atoms with Crippen molar-refractivity contribution in [1.82, 2.24) is 10.6 Å². The van der Waals surface area contributed by atoms with Gasteiger partial charge in [0, 0.05) is 6.42 Å². The second-order valence-corrected chi connectivity index (χ2v) is 7.33. The Hall–Kier alpha value is -2.94.